The molecular weight excluding hydrogens is 308 g/mol. The summed E-state index contributed by atoms with van der Waals surface area (Å²) in [5, 5.41) is 3.80. The number of hydrogen-bond donors (Lipinski definition) is 1. The molecule has 4 nitrogen and oxygen atoms in total. The van der Waals surface area contributed by atoms with Gasteiger partial charge in [0, 0.05) is 0 Å². The summed E-state index contributed by atoms with van der Waals surface area (Å²) in [6.45, 7) is 2.86. The number of thiazole rings is 1. The highest BCUT2D eigenvalue weighted by molar-refractivity contribution is 7.18. The van der Waals surface area contributed by atoms with Gasteiger partial charge < -0.3 is 10.1 Å². The minimum absolute atomic E-state index is 0.0311. The van der Waals surface area contributed by atoms with Crippen molar-refractivity contribution in [3.8, 4) is 5.75 Å². The quantitative estimate of drug-likeness (QED) is 0.751. The summed E-state index contributed by atoms with van der Waals surface area (Å²) < 4.78 is 6.70. The number of para-hydroxylation sites is 1. The van der Waals surface area contributed by atoms with Gasteiger partial charge in [0.25, 0.3) is 0 Å². The van der Waals surface area contributed by atoms with E-state index in [0.717, 1.165) is 21.0 Å². The first-order chi connectivity index (χ1) is 11.2. The van der Waals surface area contributed by atoms with Crippen molar-refractivity contribution >= 4 is 27.5 Å². The van der Waals surface area contributed by atoms with Crippen LogP contribution in [0.5, 0.6) is 5.75 Å². The minimum Gasteiger partial charge on any atom is -0.493 e. The second kappa shape index (κ2) is 7.24. The van der Waals surface area contributed by atoms with Gasteiger partial charge in [-0.2, -0.15) is 0 Å². The molecule has 2 aromatic carbocycles. The van der Waals surface area contributed by atoms with Gasteiger partial charge in [-0.25, -0.2) is 4.98 Å². The molecule has 0 saturated carbocycles. The van der Waals surface area contributed by atoms with E-state index in [-0.39, 0.29) is 5.91 Å². The normalized spacial score (nSPS) is 10.7. The first-order valence-electron chi connectivity index (χ1n) is 7.51. The van der Waals surface area contributed by atoms with Gasteiger partial charge in [-0.3, -0.25) is 4.79 Å². The van der Waals surface area contributed by atoms with Gasteiger partial charge in [-0.1, -0.05) is 29.8 Å². The molecule has 1 aromatic heterocycles. The molecule has 118 valence electrons. The molecule has 23 heavy (non-hydrogen) atoms. The SMILES string of the molecule is Cc1ccc(OCCC(=O)NCc2nc3ccccc3s2)cc1. The molecule has 1 heterocycles. The van der Waals surface area contributed by atoms with E-state index in [2.05, 4.69) is 10.3 Å². The summed E-state index contributed by atoms with van der Waals surface area (Å²) >= 11 is 1.60. The number of aromatic nitrogens is 1. The van der Waals surface area contributed by atoms with Gasteiger partial charge in [0.05, 0.1) is 29.8 Å². The fourth-order valence-corrected chi connectivity index (χ4v) is 3.06. The molecule has 3 aromatic rings. The first kappa shape index (κ1) is 15.5. The lowest BCUT2D eigenvalue weighted by Crippen LogP contribution is -2.24. The van der Waals surface area contributed by atoms with Crippen LogP contribution in [0.15, 0.2) is 48.5 Å². The molecule has 1 amide bonds. The summed E-state index contributed by atoms with van der Waals surface area (Å²) in [4.78, 5) is 16.4. The predicted octanol–water partition coefficient (Wildman–Crippen LogP) is 3.69. The molecule has 0 unspecified atom stereocenters. The highest BCUT2D eigenvalue weighted by atomic mass is 32.1. The van der Waals surface area contributed by atoms with E-state index in [9.17, 15) is 4.79 Å². The lowest BCUT2D eigenvalue weighted by Gasteiger charge is -2.06. The maximum atomic E-state index is 11.9. The van der Waals surface area contributed by atoms with Gasteiger partial charge in [-0.15, -0.1) is 11.3 Å². The Morgan fingerprint density at radius 2 is 1.96 bits per heavy atom. The molecule has 0 aliphatic heterocycles. The van der Waals surface area contributed by atoms with Gasteiger partial charge in [0.2, 0.25) is 5.91 Å². The van der Waals surface area contributed by atoms with E-state index < -0.39 is 0 Å². The average molecular weight is 326 g/mol. The Balaban J connectivity index is 1.43. The maximum absolute atomic E-state index is 11.9. The van der Waals surface area contributed by atoms with E-state index in [0.29, 0.717) is 19.6 Å². The number of aryl methyl sites for hydroxylation is 1. The monoisotopic (exact) mass is 326 g/mol. The molecule has 0 fully saturated rings. The third-order valence-corrected chi connectivity index (χ3v) is 4.43. The van der Waals surface area contributed by atoms with Crippen LogP contribution in [0.4, 0.5) is 0 Å². The number of nitrogens with zero attached hydrogens (tertiary/aromatic N) is 1. The van der Waals surface area contributed by atoms with Crippen LogP contribution in [0.3, 0.4) is 0 Å². The molecule has 0 aliphatic carbocycles. The summed E-state index contributed by atoms with van der Waals surface area (Å²) in [5.74, 6) is 0.756. The Morgan fingerprint density at radius 3 is 2.74 bits per heavy atom. The highest BCUT2D eigenvalue weighted by Crippen LogP contribution is 2.21. The molecule has 1 N–H and O–H groups in total. The van der Waals surface area contributed by atoms with Crippen LogP contribution in [0.2, 0.25) is 0 Å². The Labute approximate surface area is 139 Å². The second-order valence-corrected chi connectivity index (χ2v) is 6.38. The smallest absolute Gasteiger partial charge is 0.223 e. The van der Waals surface area contributed by atoms with Crippen LogP contribution < -0.4 is 10.1 Å². The predicted molar refractivity (Wildman–Crippen MR) is 92.8 cm³/mol. The third kappa shape index (κ3) is 4.29. The lowest BCUT2D eigenvalue weighted by molar-refractivity contribution is -0.121. The van der Waals surface area contributed by atoms with E-state index in [4.69, 9.17) is 4.74 Å². The number of nitrogens with one attached hydrogen (secondary N) is 1. The lowest BCUT2D eigenvalue weighted by atomic mass is 10.2. The van der Waals surface area contributed by atoms with Crippen LogP contribution in [-0.4, -0.2) is 17.5 Å². The van der Waals surface area contributed by atoms with Gasteiger partial charge in [-0.05, 0) is 31.2 Å². The molecule has 0 aliphatic rings. The van der Waals surface area contributed by atoms with Gasteiger partial charge in [0.1, 0.15) is 10.8 Å². The van der Waals surface area contributed by atoms with E-state index in [1.807, 2.05) is 55.5 Å². The van der Waals surface area contributed by atoms with E-state index in [1.54, 1.807) is 11.3 Å². The van der Waals surface area contributed by atoms with Crippen molar-refractivity contribution < 1.29 is 9.53 Å². The Bertz CT molecular complexity index is 763. The van der Waals surface area contributed by atoms with Crippen molar-refractivity contribution in [2.45, 2.75) is 19.9 Å². The van der Waals surface area contributed by atoms with Crippen molar-refractivity contribution in [3.05, 3.63) is 59.1 Å². The molecule has 0 atom stereocenters. The number of hydrogen-bond acceptors (Lipinski definition) is 4. The zero-order valence-corrected chi connectivity index (χ0v) is 13.7. The Morgan fingerprint density at radius 1 is 1.17 bits per heavy atom. The Kier molecular flexibility index (Phi) is 4.88. The number of carbonyl (C=O) groups is 1. The van der Waals surface area contributed by atoms with Crippen molar-refractivity contribution in [2.75, 3.05) is 6.61 Å². The van der Waals surface area contributed by atoms with Crippen molar-refractivity contribution in [3.63, 3.8) is 0 Å². The summed E-state index contributed by atoms with van der Waals surface area (Å²) in [6.07, 6.45) is 0.332. The molecule has 0 bridgehead atoms. The number of amides is 1. The standard InChI is InChI=1S/C18H18N2O2S/c1-13-6-8-14(9-7-13)22-11-10-17(21)19-12-18-20-15-4-2-3-5-16(15)23-18/h2-9H,10-12H2,1H3,(H,19,21). The molecular formula is C18H18N2O2S. The Hall–Kier alpha value is -2.40. The minimum atomic E-state index is -0.0311. The second-order valence-electron chi connectivity index (χ2n) is 5.26. The van der Waals surface area contributed by atoms with E-state index >= 15 is 0 Å². The first-order valence-corrected chi connectivity index (χ1v) is 8.33. The third-order valence-electron chi connectivity index (χ3n) is 3.39. The fourth-order valence-electron chi connectivity index (χ4n) is 2.15. The van der Waals surface area contributed by atoms with Crippen molar-refractivity contribution in [1.82, 2.24) is 10.3 Å². The molecule has 5 heteroatoms. The summed E-state index contributed by atoms with van der Waals surface area (Å²) in [5.41, 5.74) is 2.16. The summed E-state index contributed by atoms with van der Waals surface area (Å²) in [7, 11) is 0. The zero-order chi connectivity index (χ0) is 16.1. The number of carbonyl (C=O) groups excluding carboxylic acids is 1. The zero-order valence-electron chi connectivity index (χ0n) is 12.9. The van der Waals surface area contributed by atoms with Crippen molar-refractivity contribution in [2.24, 2.45) is 0 Å². The maximum Gasteiger partial charge on any atom is 0.223 e. The fraction of sp³-hybridized carbons (Fsp3) is 0.222. The summed E-state index contributed by atoms with van der Waals surface area (Å²) in [6, 6.07) is 15.8. The number of ether oxygens (including phenoxy) is 1. The van der Waals surface area contributed by atoms with Crippen molar-refractivity contribution in [1.29, 1.82) is 0 Å². The largest absolute Gasteiger partial charge is 0.493 e. The number of rotatable bonds is 6. The number of fused-ring (bicyclic) bond motifs is 1. The molecule has 0 spiro atoms. The van der Waals surface area contributed by atoms with Crippen LogP contribution in [0.25, 0.3) is 10.2 Å². The van der Waals surface area contributed by atoms with Crippen LogP contribution in [0.1, 0.15) is 17.0 Å². The average Bonchev–Trinajstić information content (AvgIpc) is 2.98. The molecule has 0 radical (unpaired) electrons. The van der Waals surface area contributed by atoms with Gasteiger partial charge in [0.15, 0.2) is 0 Å². The molecule has 3 rings (SSSR count). The van der Waals surface area contributed by atoms with Crippen LogP contribution in [0, 0.1) is 6.92 Å². The van der Waals surface area contributed by atoms with E-state index in [1.165, 1.54) is 5.56 Å². The number of benzene rings is 2. The molecule has 0 saturated heterocycles. The van der Waals surface area contributed by atoms with Crippen LogP contribution in [-0.2, 0) is 11.3 Å². The van der Waals surface area contributed by atoms with Crippen LogP contribution >= 0.6 is 11.3 Å². The van der Waals surface area contributed by atoms with Gasteiger partial charge >= 0.3 is 0 Å². The highest BCUT2D eigenvalue weighted by Gasteiger charge is 2.06. The topological polar surface area (TPSA) is 51.2 Å².